The van der Waals surface area contributed by atoms with Crippen LogP contribution in [0.25, 0.3) is 0 Å². The summed E-state index contributed by atoms with van der Waals surface area (Å²) < 4.78 is 10.3. The second-order valence-corrected chi connectivity index (χ2v) is 7.78. The average molecular weight is 375 g/mol. The maximum atomic E-state index is 12.1. The Balaban J connectivity index is 1.92. The number of hydrazone groups is 1. The summed E-state index contributed by atoms with van der Waals surface area (Å²) in [5.74, 6) is 0.00157. The number of hydrogen-bond acceptors (Lipinski definition) is 5. The molecule has 2 amide bonds. The van der Waals surface area contributed by atoms with Crippen molar-refractivity contribution in [3.8, 4) is 11.5 Å². The van der Waals surface area contributed by atoms with Gasteiger partial charge < -0.3 is 14.8 Å². The molecule has 1 aromatic rings. The number of nitrogens with one attached hydrogen (secondary N) is 2. The lowest BCUT2D eigenvalue weighted by atomic mass is 9.72. The molecule has 148 valence electrons. The summed E-state index contributed by atoms with van der Waals surface area (Å²) in [4.78, 5) is 24.2. The molecule has 0 spiro atoms. The van der Waals surface area contributed by atoms with Gasteiger partial charge in [-0.25, -0.2) is 5.43 Å². The summed E-state index contributed by atoms with van der Waals surface area (Å²) in [6.45, 7) is 6.75. The number of benzene rings is 1. The van der Waals surface area contributed by atoms with Crippen LogP contribution in [0.4, 0.5) is 5.69 Å². The van der Waals surface area contributed by atoms with E-state index in [9.17, 15) is 9.59 Å². The second kappa shape index (κ2) is 8.88. The summed E-state index contributed by atoms with van der Waals surface area (Å²) >= 11 is 0. The molecule has 0 saturated heterocycles. The fraction of sp³-hybridized carbons (Fsp3) is 0.550. The zero-order valence-electron chi connectivity index (χ0n) is 16.7. The van der Waals surface area contributed by atoms with Crippen LogP contribution in [0.3, 0.4) is 0 Å². The Labute approximate surface area is 160 Å². The Morgan fingerprint density at radius 2 is 1.74 bits per heavy atom. The third kappa shape index (κ3) is 5.70. The molecular formula is C20H29N3O4. The zero-order valence-corrected chi connectivity index (χ0v) is 16.7. The standard InChI is InChI=1S/C20H29N3O4/c1-20(2,3)13-6-8-14(9-7-13)22-23-19(25)18(24)21-16-12-15(26-4)10-11-17(16)27-5/h10-13H,6-9H2,1-5H3,(H,21,24)(H,23,25). The molecule has 1 aromatic carbocycles. The highest BCUT2D eigenvalue weighted by molar-refractivity contribution is 6.39. The van der Waals surface area contributed by atoms with Crippen LogP contribution in [0.1, 0.15) is 46.5 Å². The minimum absolute atomic E-state index is 0.282. The monoisotopic (exact) mass is 375 g/mol. The highest BCUT2D eigenvalue weighted by Gasteiger charge is 2.28. The first-order valence-electron chi connectivity index (χ1n) is 9.13. The van der Waals surface area contributed by atoms with Gasteiger partial charge in [0.25, 0.3) is 0 Å². The van der Waals surface area contributed by atoms with Gasteiger partial charge in [-0.15, -0.1) is 0 Å². The van der Waals surface area contributed by atoms with E-state index in [1.807, 2.05) is 0 Å². The van der Waals surface area contributed by atoms with Crippen LogP contribution in [0.2, 0.25) is 0 Å². The third-order valence-electron chi connectivity index (χ3n) is 4.96. The highest BCUT2D eigenvalue weighted by Crippen LogP contribution is 2.36. The first-order chi connectivity index (χ1) is 12.7. The van der Waals surface area contributed by atoms with Gasteiger partial charge in [-0.05, 0) is 49.1 Å². The van der Waals surface area contributed by atoms with E-state index in [1.54, 1.807) is 18.2 Å². The van der Waals surface area contributed by atoms with Crippen LogP contribution < -0.4 is 20.2 Å². The van der Waals surface area contributed by atoms with Gasteiger partial charge in [-0.1, -0.05) is 20.8 Å². The number of ether oxygens (including phenoxy) is 2. The lowest BCUT2D eigenvalue weighted by Gasteiger charge is -2.34. The lowest BCUT2D eigenvalue weighted by molar-refractivity contribution is -0.136. The lowest BCUT2D eigenvalue weighted by Crippen LogP contribution is -2.34. The summed E-state index contributed by atoms with van der Waals surface area (Å²) in [6.07, 6.45) is 3.78. The Hall–Kier alpha value is -2.57. The minimum atomic E-state index is -0.815. The van der Waals surface area contributed by atoms with Gasteiger partial charge in [0.15, 0.2) is 0 Å². The molecule has 0 aromatic heterocycles. The Kier molecular flexibility index (Phi) is 6.82. The van der Waals surface area contributed by atoms with Crippen molar-refractivity contribution < 1.29 is 19.1 Å². The van der Waals surface area contributed by atoms with E-state index < -0.39 is 11.8 Å². The molecule has 2 N–H and O–H groups in total. The van der Waals surface area contributed by atoms with E-state index in [4.69, 9.17) is 9.47 Å². The number of methoxy groups -OCH3 is 2. The molecule has 2 rings (SSSR count). The minimum Gasteiger partial charge on any atom is -0.497 e. The van der Waals surface area contributed by atoms with Crippen molar-refractivity contribution in [3.05, 3.63) is 18.2 Å². The zero-order chi connectivity index (χ0) is 20.0. The largest absolute Gasteiger partial charge is 0.497 e. The fourth-order valence-electron chi connectivity index (χ4n) is 3.20. The van der Waals surface area contributed by atoms with E-state index >= 15 is 0 Å². The van der Waals surface area contributed by atoms with Crippen molar-refractivity contribution in [3.63, 3.8) is 0 Å². The molecular weight excluding hydrogens is 346 g/mol. The Morgan fingerprint density at radius 3 is 2.30 bits per heavy atom. The molecule has 1 aliphatic carbocycles. The molecule has 0 radical (unpaired) electrons. The molecule has 0 unspecified atom stereocenters. The molecule has 7 nitrogen and oxygen atoms in total. The number of nitrogens with zero attached hydrogens (tertiary/aromatic N) is 1. The van der Waals surface area contributed by atoms with Crippen LogP contribution in [-0.2, 0) is 9.59 Å². The number of hydrogen-bond donors (Lipinski definition) is 2. The number of anilines is 1. The predicted molar refractivity (Wildman–Crippen MR) is 105 cm³/mol. The van der Waals surface area contributed by atoms with Crippen LogP contribution in [0, 0.1) is 11.3 Å². The van der Waals surface area contributed by atoms with Gasteiger partial charge in [0, 0.05) is 11.8 Å². The quantitative estimate of drug-likeness (QED) is 0.624. The molecule has 0 aliphatic heterocycles. The number of carbonyl (C=O) groups is 2. The number of rotatable bonds is 4. The van der Waals surface area contributed by atoms with Crippen molar-refractivity contribution >= 4 is 23.2 Å². The van der Waals surface area contributed by atoms with Crippen molar-refractivity contribution in [2.45, 2.75) is 46.5 Å². The second-order valence-electron chi connectivity index (χ2n) is 7.78. The molecule has 0 bridgehead atoms. The Morgan fingerprint density at radius 1 is 1.07 bits per heavy atom. The topological polar surface area (TPSA) is 89.0 Å². The van der Waals surface area contributed by atoms with Crippen LogP contribution in [0.5, 0.6) is 11.5 Å². The van der Waals surface area contributed by atoms with E-state index in [0.29, 0.717) is 23.1 Å². The van der Waals surface area contributed by atoms with Gasteiger partial charge in [-0.3, -0.25) is 9.59 Å². The van der Waals surface area contributed by atoms with Gasteiger partial charge >= 0.3 is 11.8 Å². The van der Waals surface area contributed by atoms with E-state index in [1.165, 1.54) is 14.2 Å². The smallest absolute Gasteiger partial charge is 0.329 e. The van der Waals surface area contributed by atoms with Crippen molar-refractivity contribution in [2.75, 3.05) is 19.5 Å². The first kappa shape index (κ1) is 20.7. The Bertz CT molecular complexity index is 712. The molecule has 27 heavy (non-hydrogen) atoms. The van der Waals surface area contributed by atoms with E-state index in [2.05, 4.69) is 36.6 Å². The fourth-order valence-corrected chi connectivity index (χ4v) is 3.20. The van der Waals surface area contributed by atoms with Crippen molar-refractivity contribution in [2.24, 2.45) is 16.4 Å². The average Bonchev–Trinajstić information content (AvgIpc) is 2.65. The van der Waals surface area contributed by atoms with E-state index in [0.717, 1.165) is 31.4 Å². The van der Waals surface area contributed by atoms with Crippen molar-refractivity contribution in [1.82, 2.24) is 5.43 Å². The first-order valence-corrected chi connectivity index (χ1v) is 9.13. The van der Waals surface area contributed by atoms with Crippen LogP contribution in [0.15, 0.2) is 23.3 Å². The molecule has 1 saturated carbocycles. The molecule has 0 heterocycles. The molecule has 1 aliphatic rings. The predicted octanol–water partition coefficient (Wildman–Crippen LogP) is 3.35. The highest BCUT2D eigenvalue weighted by atomic mass is 16.5. The summed E-state index contributed by atoms with van der Waals surface area (Å²) in [6, 6.07) is 4.94. The van der Waals surface area contributed by atoms with E-state index in [-0.39, 0.29) is 5.41 Å². The van der Waals surface area contributed by atoms with Gasteiger partial charge in [0.1, 0.15) is 11.5 Å². The van der Waals surface area contributed by atoms with Crippen LogP contribution >= 0.6 is 0 Å². The SMILES string of the molecule is COc1ccc(OC)c(NC(=O)C(=O)NN=C2CCC(C(C)(C)C)CC2)c1. The summed E-state index contributed by atoms with van der Waals surface area (Å²) in [5, 5.41) is 6.66. The van der Waals surface area contributed by atoms with Gasteiger partial charge in [-0.2, -0.15) is 5.10 Å². The maximum Gasteiger partial charge on any atom is 0.329 e. The molecule has 7 heteroatoms. The number of carbonyl (C=O) groups excluding carboxylic acids is 2. The van der Waals surface area contributed by atoms with Crippen LogP contribution in [-0.4, -0.2) is 31.7 Å². The molecule has 0 atom stereocenters. The van der Waals surface area contributed by atoms with Gasteiger partial charge in [0.2, 0.25) is 0 Å². The normalized spacial score (nSPS) is 17.1. The van der Waals surface area contributed by atoms with Gasteiger partial charge in [0.05, 0.1) is 19.9 Å². The maximum absolute atomic E-state index is 12.1. The third-order valence-corrected chi connectivity index (χ3v) is 4.96. The summed E-state index contributed by atoms with van der Waals surface area (Å²) in [5.41, 5.74) is 3.92. The number of amides is 2. The molecule has 1 fully saturated rings. The summed E-state index contributed by atoms with van der Waals surface area (Å²) in [7, 11) is 3.00. The van der Waals surface area contributed by atoms with Crippen molar-refractivity contribution in [1.29, 1.82) is 0 Å².